The monoisotopic (exact) mass is 670 g/mol. The second kappa shape index (κ2) is 12.8. The van der Waals surface area contributed by atoms with Gasteiger partial charge in [0.2, 0.25) is 5.91 Å². The first-order chi connectivity index (χ1) is 21.0. The van der Waals surface area contributed by atoms with Crippen LogP contribution in [-0.4, -0.2) is 50.9 Å². The fourth-order valence-electron chi connectivity index (χ4n) is 4.15. The number of nitrogens with one attached hydrogen (secondary N) is 1. The van der Waals surface area contributed by atoms with Crippen LogP contribution in [0.25, 0.3) is 17.2 Å². The Hall–Kier alpha value is -4.57. The normalized spacial score (nSPS) is 14.6. The van der Waals surface area contributed by atoms with Gasteiger partial charge in [-0.15, -0.1) is 0 Å². The number of phenols is 1. The number of amides is 2. The van der Waals surface area contributed by atoms with Crippen molar-refractivity contribution in [2.45, 2.75) is 18.8 Å². The van der Waals surface area contributed by atoms with Gasteiger partial charge in [0, 0.05) is 29.8 Å². The molecule has 1 saturated heterocycles. The molecule has 0 bridgehead atoms. The number of thioether (sulfide) groups is 1. The van der Waals surface area contributed by atoms with Gasteiger partial charge in [-0.05, 0) is 66.2 Å². The molecular weight excluding hydrogens is 650 g/mol. The lowest BCUT2D eigenvalue weighted by Gasteiger charge is -2.16. The number of carboxylic acid groups (broad SMARTS) is 1. The first-order valence-electron chi connectivity index (χ1n) is 12.6. The number of aromatic carboxylic acids is 1. The van der Waals surface area contributed by atoms with Crippen LogP contribution in [0.1, 0.15) is 33.5 Å². The number of carbonyl (C=O) groups is 3. The number of halogens is 6. The average Bonchev–Trinajstić information content (AvgIpc) is 3.23. The minimum absolute atomic E-state index is 0.0208. The number of methoxy groups -OCH3 is 1. The Morgan fingerprint density at radius 2 is 1.60 bits per heavy atom. The van der Waals surface area contributed by atoms with E-state index >= 15 is 0 Å². The summed E-state index contributed by atoms with van der Waals surface area (Å²) in [5.74, 6) is -3.07. The summed E-state index contributed by atoms with van der Waals surface area (Å²) in [6.07, 6.45) is -9.29. The molecule has 0 radical (unpaired) electrons. The lowest BCUT2D eigenvalue weighted by molar-refractivity contribution is -0.143. The van der Waals surface area contributed by atoms with Crippen LogP contribution in [-0.2, 0) is 21.9 Å². The predicted molar refractivity (Wildman–Crippen MR) is 157 cm³/mol. The SMILES string of the molecule is COc1cc(/C=C2\SC(=S)N(CCC(=O)Nc3ccc(C(=O)O)cc3)C2=O)c(O)c(-c2cc(C(F)(F)F)cc(C(F)(F)F)c2)c1. The zero-order valence-corrected chi connectivity index (χ0v) is 24.4. The van der Waals surface area contributed by atoms with Crippen molar-refractivity contribution >= 4 is 57.8 Å². The third-order valence-corrected chi connectivity index (χ3v) is 7.76. The molecule has 16 heteroatoms. The summed E-state index contributed by atoms with van der Waals surface area (Å²) in [5, 5.41) is 22.5. The molecule has 1 fully saturated rings. The molecule has 0 aliphatic carbocycles. The van der Waals surface area contributed by atoms with Crippen LogP contribution in [0.3, 0.4) is 0 Å². The maximum Gasteiger partial charge on any atom is 0.416 e. The Morgan fingerprint density at radius 1 is 1.00 bits per heavy atom. The molecule has 0 spiro atoms. The van der Waals surface area contributed by atoms with Crippen molar-refractivity contribution < 1.29 is 55.7 Å². The molecular formula is C29H20F6N2O6S2. The van der Waals surface area contributed by atoms with Crippen LogP contribution < -0.4 is 10.1 Å². The predicted octanol–water partition coefficient (Wildman–Crippen LogP) is 7.03. The number of hydrogen-bond donors (Lipinski definition) is 3. The number of thiocarbonyl (C=S) groups is 1. The summed E-state index contributed by atoms with van der Waals surface area (Å²) < 4.78 is 86.0. The van der Waals surface area contributed by atoms with E-state index in [1.807, 2.05) is 0 Å². The van der Waals surface area contributed by atoms with E-state index in [4.69, 9.17) is 22.1 Å². The molecule has 3 aromatic carbocycles. The molecule has 3 N–H and O–H groups in total. The van der Waals surface area contributed by atoms with Crippen LogP contribution in [0.15, 0.2) is 59.5 Å². The summed E-state index contributed by atoms with van der Waals surface area (Å²) in [4.78, 5) is 37.6. The molecule has 1 heterocycles. The van der Waals surface area contributed by atoms with Gasteiger partial charge in [0.05, 0.1) is 28.7 Å². The fraction of sp³-hybridized carbons (Fsp3) is 0.172. The van der Waals surface area contributed by atoms with Crippen molar-refractivity contribution in [3.8, 4) is 22.6 Å². The number of aromatic hydroxyl groups is 1. The van der Waals surface area contributed by atoms with E-state index in [9.17, 15) is 45.8 Å². The van der Waals surface area contributed by atoms with E-state index in [0.29, 0.717) is 17.8 Å². The Labute approximate surface area is 260 Å². The van der Waals surface area contributed by atoms with Crippen LogP contribution in [0.4, 0.5) is 32.0 Å². The number of ether oxygens (including phenoxy) is 1. The van der Waals surface area contributed by atoms with E-state index in [2.05, 4.69) is 5.32 Å². The highest BCUT2D eigenvalue weighted by molar-refractivity contribution is 8.26. The summed E-state index contributed by atoms with van der Waals surface area (Å²) >= 11 is 6.06. The van der Waals surface area contributed by atoms with Gasteiger partial charge in [-0.3, -0.25) is 14.5 Å². The Morgan fingerprint density at radius 3 is 2.13 bits per heavy atom. The molecule has 45 heavy (non-hydrogen) atoms. The zero-order chi connectivity index (χ0) is 33.3. The number of carboxylic acids is 1. The Kier molecular flexibility index (Phi) is 9.48. The molecule has 236 valence electrons. The average molecular weight is 671 g/mol. The summed E-state index contributed by atoms with van der Waals surface area (Å²) in [7, 11) is 1.19. The van der Waals surface area contributed by atoms with Crippen molar-refractivity contribution in [3.05, 3.63) is 81.8 Å². The largest absolute Gasteiger partial charge is 0.507 e. The number of phenolic OH excluding ortho intramolecular Hbond substituents is 1. The molecule has 3 aromatic rings. The van der Waals surface area contributed by atoms with Gasteiger partial charge >= 0.3 is 18.3 Å². The van der Waals surface area contributed by atoms with Gasteiger partial charge in [0.25, 0.3) is 5.91 Å². The van der Waals surface area contributed by atoms with E-state index in [0.717, 1.165) is 28.8 Å². The van der Waals surface area contributed by atoms with E-state index in [1.165, 1.54) is 37.4 Å². The molecule has 0 aromatic heterocycles. The number of rotatable bonds is 8. The van der Waals surface area contributed by atoms with Crippen molar-refractivity contribution in [1.29, 1.82) is 0 Å². The third-order valence-electron chi connectivity index (χ3n) is 6.39. The van der Waals surface area contributed by atoms with Crippen LogP contribution in [0, 0.1) is 0 Å². The fourth-order valence-corrected chi connectivity index (χ4v) is 5.45. The number of nitrogens with zero attached hydrogens (tertiary/aromatic N) is 1. The molecule has 0 unspecified atom stereocenters. The Bertz CT molecular complexity index is 1690. The van der Waals surface area contributed by atoms with Gasteiger partial charge in [-0.25, -0.2) is 4.79 Å². The second-order valence-electron chi connectivity index (χ2n) is 9.42. The quantitative estimate of drug-likeness (QED) is 0.133. The van der Waals surface area contributed by atoms with Gasteiger partial charge in [-0.1, -0.05) is 24.0 Å². The van der Waals surface area contributed by atoms with Crippen LogP contribution >= 0.6 is 24.0 Å². The summed E-state index contributed by atoms with van der Waals surface area (Å²) in [5.41, 5.74) is -4.00. The molecule has 0 saturated carbocycles. The van der Waals surface area contributed by atoms with Crippen molar-refractivity contribution in [3.63, 3.8) is 0 Å². The molecule has 1 aliphatic rings. The van der Waals surface area contributed by atoms with Crippen molar-refractivity contribution in [1.82, 2.24) is 4.90 Å². The highest BCUT2D eigenvalue weighted by Crippen LogP contribution is 2.44. The molecule has 0 atom stereocenters. The third kappa shape index (κ3) is 7.75. The van der Waals surface area contributed by atoms with Gasteiger partial charge in [0.15, 0.2) is 0 Å². The van der Waals surface area contributed by atoms with Gasteiger partial charge in [-0.2, -0.15) is 26.3 Å². The topological polar surface area (TPSA) is 116 Å². The standard InChI is InChI=1S/C29H20F6N2O6S2/c1-43-20-10-16(24(39)21(13-20)15-8-17(28(30,31)32)12-18(9-15)29(33,34)35)11-22-25(40)37(27(44)45-22)7-6-23(38)36-19-4-2-14(3-5-19)26(41)42/h2-5,8-13,39H,6-7H2,1H3,(H,36,38)(H,41,42)/b22-11-. The number of hydrogen-bond acceptors (Lipinski definition) is 7. The maximum atomic E-state index is 13.5. The van der Waals surface area contributed by atoms with Crippen LogP contribution in [0.5, 0.6) is 11.5 Å². The molecule has 2 amide bonds. The van der Waals surface area contributed by atoms with Gasteiger partial charge in [0.1, 0.15) is 15.8 Å². The Balaban J connectivity index is 1.59. The summed E-state index contributed by atoms with van der Waals surface area (Å²) in [6, 6.07) is 8.54. The summed E-state index contributed by atoms with van der Waals surface area (Å²) in [6.45, 7) is -0.152. The van der Waals surface area contributed by atoms with E-state index < -0.39 is 58.1 Å². The zero-order valence-electron chi connectivity index (χ0n) is 22.7. The number of alkyl halides is 6. The maximum absolute atomic E-state index is 13.5. The van der Waals surface area contributed by atoms with Crippen LogP contribution in [0.2, 0.25) is 0 Å². The number of carbonyl (C=O) groups excluding carboxylic acids is 2. The molecule has 8 nitrogen and oxygen atoms in total. The number of benzene rings is 3. The highest BCUT2D eigenvalue weighted by atomic mass is 32.2. The molecule has 4 rings (SSSR count). The highest BCUT2D eigenvalue weighted by Gasteiger charge is 2.37. The van der Waals surface area contributed by atoms with E-state index in [1.54, 1.807) is 0 Å². The lowest BCUT2D eigenvalue weighted by Crippen LogP contribution is -2.31. The minimum atomic E-state index is -5.12. The first kappa shape index (κ1) is 33.3. The first-order valence-corrected chi connectivity index (χ1v) is 13.8. The van der Waals surface area contributed by atoms with Gasteiger partial charge < -0.3 is 20.3 Å². The van der Waals surface area contributed by atoms with E-state index in [-0.39, 0.29) is 45.1 Å². The van der Waals surface area contributed by atoms with Crippen molar-refractivity contribution in [2.24, 2.45) is 0 Å². The smallest absolute Gasteiger partial charge is 0.416 e. The molecule has 1 aliphatic heterocycles. The number of anilines is 1. The lowest BCUT2D eigenvalue weighted by atomic mass is 9.96. The second-order valence-corrected chi connectivity index (χ2v) is 11.1. The minimum Gasteiger partial charge on any atom is -0.507 e. The van der Waals surface area contributed by atoms with Crippen molar-refractivity contribution in [2.75, 3.05) is 19.0 Å².